The molecule has 9 heteroatoms. The molecule has 4 saturated carbocycles. The number of rotatable bonds is 7. The van der Waals surface area contributed by atoms with Gasteiger partial charge < -0.3 is 20.1 Å². The number of methoxy groups -OCH3 is 2. The van der Waals surface area contributed by atoms with Gasteiger partial charge in [0.15, 0.2) is 0 Å². The minimum absolute atomic E-state index is 0.0619. The maximum Gasteiger partial charge on any atom is 0.315 e. The van der Waals surface area contributed by atoms with Gasteiger partial charge in [0.2, 0.25) is 10.0 Å². The second-order valence-corrected chi connectivity index (χ2v) is 12.7. The minimum Gasteiger partial charge on any atom is -0.497 e. The normalized spacial score (nSPS) is 32.9. The largest absolute Gasteiger partial charge is 0.497 e. The Kier molecular flexibility index (Phi) is 6.44. The third kappa shape index (κ3) is 4.49. The van der Waals surface area contributed by atoms with Crippen molar-refractivity contribution in [2.75, 3.05) is 27.3 Å². The summed E-state index contributed by atoms with van der Waals surface area (Å²) in [6, 6.07) is 4.31. The number of carbonyl (C=O) groups excluding carboxylic acids is 1. The van der Waals surface area contributed by atoms with Crippen molar-refractivity contribution in [2.45, 2.75) is 74.3 Å². The summed E-state index contributed by atoms with van der Waals surface area (Å²) < 4.78 is 39.3. The third-order valence-corrected chi connectivity index (χ3v) is 10.4. The van der Waals surface area contributed by atoms with Crippen molar-refractivity contribution in [3.63, 3.8) is 0 Å². The van der Waals surface area contributed by atoms with E-state index in [1.165, 1.54) is 43.9 Å². The van der Waals surface area contributed by atoms with Crippen molar-refractivity contribution in [1.82, 2.24) is 14.9 Å². The van der Waals surface area contributed by atoms with Crippen LogP contribution in [0.15, 0.2) is 23.1 Å². The molecule has 5 aliphatic rings. The Morgan fingerprint density at radius 1 is 1.06 bits per heavy atom. The van der Waals surface area contributed by atoms with Crippen LogP contribution in [0, 0.1) is 17.8 Å². The van der Waals surface area contributed by atoms with E-state index in [0.717, 1.165) is 56.3 Å². The SMILES string of the molecule is COc1ccc(S(=O)(=O)N2CCCCC2CNC(=O)NC23CC4CC(CC(C4)C2)C3)c(OC)c1. The lowest BCUT2D eigenvalue weighted by atomic mass is 9.53. The van der Waals surface area contributed by atoms with Crippen molar-refractivity contribution >= 4 is 16.1 Å². The van der Waals surface area contributed by atoms with Gasteiger partial charge >= 0.3 is 6.03 Å². The van der Waals surface area contributed by atoms with E-state index < -0.39 is 10.0 Å². The first-order valence-electron chi connectivity index (χ1n) is 12.6. The van der Waals surface area contributed by atoms with Crippen LogP contribution in [0.1, 0.15) is 57.8 Å². The summed E-state index contributed by atoms with van der Waals surface area (Å²) in [5.41, 5.74) is -0.0619. The first-order valence-corrected chi connectivity index (χ1v) is 14.1. The van der Waals surface area contributed by atoms with E-state index in [-0.39, 0.29) is 28.3 Å². The molecular formula is C25H37N3O5S. The summed E-state index contributed by atoms with van der Waals surface area (Å²) in [6.45, 7) is 0.732. The van der Waals surface area contributed by atoms with Crippen molar-refractivity contribution in [3.8, 4) is 11.5 Å². The molecule has 4 bridgehead atoms. The van der Waals surface area contributed by atoms with Gasteiger partial charge in [0, 0.05) is 30.7 Å². The van der Waals surface area contributed by atoms with E-state index >= 15 is 0 Å². The fraction of sp³-hybridized carbons (Fsp3) is 0.720. The smallest absolute Gasteiger partial charge is 0.315 e. The Balaban J connectivity index is 1.26. The van der Waals surface area contributed by atoms with Crippen LogP contribution in [0.5, 0.6) is 11.5 Å². The maximum atomic E-state index is 13.6. The van der Waals surface area contributed by atoms with E-state index in [9.17, 15) is 13.2 Å². The fourth-order valence-electron chi connectivity index (χ4n) is 7.37. The lowest BCUT2D eigenvalue weighted by Crippen LogP contribution is -2.62. The molecule has 1 atom stereocenters. The predicted octanol–water partition coefficient (Wildman–Crippen LogP) is 3.52. The highest BCUT2D eigenvalue weighted by atomic mass is 32.2. The van der Waals surface area contributed by atoms with Crippen molar-refractivity contribution < 1.29 is 22.7 Å². The number of ether oxygens (including phenoxy) is 2. The summed E-state index contributed by atoms with van der Waals surface area (Å²) in [5, 5.41) is 6.35. The van der Waals surface area contributed by atoms with Crippen LogP contribution < -0.4 is 20.1 Å². The van der Waals surface area contributed by atoms with Gasteiger partial charge in [-0.05, 0) is 81.3 Å². The van der Waals surface area contributed by atoms with Crippen LogP contribution in [-0.4, -0.2) is 57.6 Å². The highest BCUT2D eigenvalue weighted by Gasteiger charge is 2.51. The van der Waals surface area contributed by atoms with Crippen LogP contribution in [0.2, 0.25) is 0 Å². The molecule has 1 saturated heterocycles. The van der Waals surface area contributed by atoms with E-state index in [1.807, 2.05) is 0 Å². The molecule has 5 fully saturated rings. The molecule has 34 heavy (non-hydrogen) atoms. The zero-order valence-electron chi connectivity index (χ0n) is 20.2. The molecule has 1 aromatic carbocycles. The first-order chi connectivity index (χ1) is 16.3. The van der Waals surface area contributed by atoms with Crippen molar-refractivity contribution in [3.05, 3.63) is 18.2 Å². The summed E-state index contributed by atoms with van der Waals surface area (Å²) in [5.74, 6) is 3.06. The number of hydrogen-bond acceptors (Lipinski definition) is 5. The minimum atomic E-state index is -3.79. The number of nitrogens with zero attached hydrogens (tertiary/aromatic N) is 1. The van der Waals surface area contributed by atoms with Gasteiger partial charge in [0.1, 0.15) is 16.4 Å². The van der Waals surface area contributed by atoms with Gasteiger partial charge in [0.25, 0.3) is 0 Å². The molecule has 0 spiro atoms. The Morgan fingerprint density at radius 2 is 1.74 bits per heavy atom. The highest BCUT2D eigenvalue weighted by molar-refractivity contribution is 7.89. The topological polar surface area (TPSA) is 97.0 Å². The third-order valence-electron chi connectivity index (χ3n) is 8.45. The quantitative estimate of drug-likeness (QED) is 0.608. The maximum absolute atomic E-state index is 13.6. The molecule has 1 unspecified atom stereocenters. The molecule has 0 aromatic heterocycles. The molecule has 1 aromatic rings. The molecule has 0 radical (unpaired) electrons. The number of hydrogen-bond donors (Lipinski definition) is 2. The van der Waals surface area contributed by atoms with Gasteiger partial charge in [0.05, 0.1) is 14.2 Å². The second kappa shape index (κ2) is 9.22. The lowest BCUT2D eigenvalue weighted by molar-refractivity contribution is -0.0135. The molecule has 1 aliphatic heterocycles. The number of carbonyl (C=O) groups is 1. The lowest BCUT2D eigenvalue weighted by Gasteiger charge is -2.56. The average Bonchev–Trinajstić information content (AvgIpc) is 2.81. The van der Waals surface area contributed by atoms with Gasteiger partial charge in [-0.3, -0.25) is 0 Å². The Bertz CT molecular complexity index is 992. The summed E-state index contributed by atoms with van der Waals surface area (Å²) in [7, 11) is -0.802. The number of amides is 2. The van der Waals surface area contributed by atoms with Crippen LogP contribution in [0.25, 0.3) is 0 Å². The van der Waals surface area contributed by atoms with Gasteiger partial charge in [-0.2, -0.15) is 4.31 Å². The van der Waals surface area contributed by atoms with Crippen molar-refractivity contribution in [1.29, 1.82) is 0 Å². The number of urea groups is 1. The Hall–Kier alpha value is -2.00. The number of benzene rings is 1. The number of sulfonamides is 1. The van der Waals surface area contributed by atoms with E-state index in [2.05, 4.69) is 10.6 Å². The molecule has 2 N–H and O–H groups in total. The average molecular weight is 492 g/mol. The molecule has 1 heterocycles. The molecule has 4 aliphatic carbocycles. The Morgan fingerprint density at radius 3 is 2.35 bits per heavy atom. The van der Waals surface area contributed by atoms with Crippen LogP contribution in [0.3, 0.4) is 0 Å². The van der Waals surface area contributed by atoms with E-state index in [0.29, 0.717) is 18.8 Å². The van der Waals surface area contributed by atoms with E-state index in [4.69, 9.17) is 9.47 Å². The molecular weight excluding hydrogens is 454 g/mol. The van der Waals surface area contributed by atoms with E-state index in [1.54, 1.807) is 12.1 Å². The Labute approximate surface area is 202 Å². The number of piperidine rings is 1. The zero-order valence-corrected chi connectivity index (χ0v) is 21.0. The summed E-state index contributed by atoms with van der Waals surface area (Å²) in [6.07, 6.45) is 9.71. The monoisotopic (exact) mass is 491 g/mol. The van der Waals surface area contributed by atoms with Gasteiger partial charge in [-0.1, -0.05) is 6.42 Å². The molecule has 188 valence electrons. The first kappa shape index (κ1) is 23.7. The van der Waals surface area contributed by atoms with Crippen molar-refractivity contribution in [2.24, 2.45) is 17.8 Å². The molecule has 2 amide bonds. The standard InChI is InChI=1S/C25H37N3O5S/c1-32-21-6-7-23(22(12-21)33-2)34(30,31)28-8-4-3-5-20(28)16-26-24(29)27-25-13-17-9-18(14-25)11-19(10-17)15-25/h6-7,12,17-20H,3-5,8-11,13-16H2,1-2H3,(H2,26,27,29). The van der Waals surface area contributed by atoms with Crippen LogP contribution in [0.4, 0.5) is 4.79 Å². The zero-order chi connectivity index (χ0) is 23.9. The summed E-state index contributed by atoms with van der Waals surface area (Å²) in [4.78, 5) is 13.1. The second-order valence-electron chi connectivity index (χ2n) is 10.8. The van der Waals surface area contributed by atoms with Gasteiger partial charge in [-0.25, -0.2) is 13.2 Å². The number of nitrogens with one attached hydrogen (secondary N) is 2. The van der Waals surface area contributed by atoms with Crippen LogP contribution in [-0.2, 0) is 10.0 Å². The molecule has 6 rings (SSSR count). The van der Waals surface area contributed by atoms with Gasteiger partial charge in [-0.15, -0.1) is 0 Å². The highest BCUT2D eigenvalue weighted by Crippen LogP contribution is 2.55. The van der Waals surface area contributed by atoms with Crippen LogP contribution >= 0.6 is 0 Å². The predicted molar refractivity (Wildman–Crippen MR) is 129 cm³/mol. The molecule has 8 nitrogen and oxygen atoms in total. The summed E-state index contributed by atoms with van der Waals surface area (Å²) >= 11 is 0. The fourth-order valence-corrected chi connectivity index (χ4v) is 9.20.